The van der Waals surface area contributed by atoms with Gasteiger partial charge in [-0.15, -0.1) is 0 Å². The van der Waals surface area contributed by atoms with Crippen LogP contribution in [0.1, 0.15) is 24.0 Å². The molecule has 1 aromatic heterocycles. The number of hydrogen-bond acceptors (Lipinski definition) is 7. The lowest BCUT2D eigenvalue weighted by atomic mass is 9.89. The van der Waals surface area contributed by atoms with Gasteiger partial charge in [0.15, 0.2) is 11.6 Å². The number of carbonyl (C=O) groups is 2. The summed E-state index contributed by atoms with van der Waals surface area (Å²) in [5.41, 5.74) is 7.38. The van der Waals surface area contributed by atoms with E-state index < -0.39 is 23.2 Å². The summed E-state index contributed by atoms with van der Waals surface area (Å²) < 4.78 is 40.6. The predicted molar refractivity (Wildman–Crippen MR) is 117 cm³/mol. The first-order valence-corrected chi connectivity index (χ1v) is 10.8. The van der Waals surface area contributed by atoms with E-state index in [9.17, 15) is 27.9 Å². The van der Waals surface area contributed by atoms with E-state index in [4.69, 9.17) is 11.5 Å². The quantitative estimate of drug-likeness (QED) is 0.589. The van der Waals surface area contributed by atoms with Gasteiger partial charge in [-0.25, -0.2) is 9.97 Å². The minimum absolute atomic E-state index is 0.130. The molecule has 2 amide bonds. The van der Waals surface area contributed by atoms with Gasteiger partial charge < -0.3 is 26.4 Å². The maximum Gasteiger partial charge on any atom is 0.430 e. The standard InChI is InChI=1S/C22H25F3N6O3/c1-12-2-5-14(21(34,20(27)33)22(23,24)25)10-15(12)16-11-28-17(26)18(29-16)30-6-8-31(9-7-30)19(32)13-3-4-13/h2,5,10-11,13,34H,3-4,6-9H2,1H3,(H2,26,28)(H2,27,33). The summed E-state index contributed by atoms with van der Waals surface area (Å²) in [6, 6.07) is 3.37. The molecule has 1 atom stereocenters. The normalized spacial score (nSPS) is 18.5. The fraction of sp³-hybridized carbons (Fsp3) is 0.455. The van der Waals surface area contributed by atoms with Crippen LogP contribution in [0.15, 0.2) is 24.4 Å². The van der Waals surface area contributed by atoms with E-state index >= 15 is 0 Å². The number of aryl methyl sites for hydroxylation is 1. The highest BCUT2D eigenvalue weighted by molar-refractivity contribution is 5.86. The molecule has 1 aliphatic heterocycles. The van der Waals surface area contributed by atoms with Crippen molar-refractivity contribution in [2.75, 3.05) is 36.8 Å². The zero-order valence-electron chi connectivity index (χ0n) is 18.5. The topological polar surface area (TPSA) is 139 Å². The molecular weight excluding hydrogens is 453 g/mol. The Morgan fingerprint density at radius 1 is 1.15 bits per heavy atom. The molecule has 2 fully saturated rings. The van der Waals surface area contributed by atoms with E-state index in [2.05, 4.69) is 9.97 Å². The third kappa shape index (κ3) is 4.13. The van der Waals surface area contributed by atoms with Gasteiger partial charge >= 0.3 is 6.18 Å². The van der Waals surface area contributed by atoms with Crippen molar-refractivity contribution in [3.8, 4) is 11.3 Å². The minimum Gasteiger partial charge on any atom is -0.381 e. The third-order valence-corrected chi connectivity index (χ3v) is 6.30. The number of amides is 2. The van der Waals surface area contributed by atoms with E-state index in [1.165, 1.54) is 12.3 Å². The summed E-state index contributed by atoms with van der Waals surface area (Å²) in [4.78, 5) is 36.3. The van der Waals surface area contributed by atoms with Crippen molar-refractivity contribution in [2.24, 2.45) is 11.7 Å². The molecule has 0 radical (unpaired) electrons. The number of alkyl halides is 3. The number of hydrogen-bond donors (Lipinski definition) is 3. The number of primary amides is 1. The van der Waals surface area contributed by atoms with Gasteiger partial charge in [-0.3, -0.25) is 9.59 Å². The Bertz CT molecular complexity index is 1130. The highest BCUT2D eigenvalue weighted by Crippen LogP contribution is 2.40. The minimum atomic E-state index is -5.32. The first-order valence-electron chi connectivity index (χ1n) is 10.8. The Labute approximate surface area is 193 Å². The maximum absolute atomic E-state index is 13.5. The molecule has 0 bridgehead atoms. The predicted octanol–water partition coefficient (Wildman–Crippen LogP) is 1.33. The number of carbonyl (C=O) groups excluding carboxylic acids is 2. The molecule has 9 nitrogen and oxygen atoms in total. The Morgan fingerprint density at radius 3 is 2.35 bits per heavy atom. The first-order chi connectivity index (χ1) is 15.9. The second-order valence-corrected chi connectivity index (χ2v) is 8.65. The van der Waals surface area contributed by atoms with E-state index in [1.807, 2.05) is 9.80 Å². The Morgan fingerprint density at radius 2 is 1.79 bits per heavy atom. The molecule has 182 valence electrons. The molecule has 1 saturated carbocycles. The average Bonchev–Trinajstić information content (AvgIpc) is 3.63. The zero-order chi connectivity index (χ0) is 24.8. The van der Waals surface area contributed by atoms with E-state index in [0.29, 0.717) is 37.6 Å². The highest BCUT2D eigenvalue weighted by Gasteiger charge is 2.60. The van der Waals surface area contributed by atoms with Crippen molar-refractivity contribution >= 4 is 23.5 Å². The summed E-state index contributed by atoms with van der Waals surface area (Å²) in [6.07, 6.45) is -2.15. The van der Waals surface area contributed by atoms with Crippen LogP contribution in [-0.2, 0) is 15.2 Å². The molecule has 1 aliphatic carbocycles. The van der Waals surface area contributed by atoms with Crippen molar-refractivity contribution < 1.29 is 27.9 Å². The third-order valence-electron chi connectivity index (χ3n) is 6.30. The summed E-state index contributed by atoms with van der Waals surface area (Å²) in [5.74, 6) is -1.15. The summed E-state index contributed by atoms with van der Waals surface area (Å²) in [5, 5.41) is 10.2. The molecule has 1 unspecified atom stereocenters. The van der Waals surface area contributed by atoms with Gasteiger partial charge in [0, 0.05) is 43.2 Å². The number of aromatic nitrogens is 2. The van der Waals surface area contributed by atoms with Crippen LogP contribution in [0.2, 0.25) is 0 Å². The van der Waals surface area contributed by atoms with Crippen molar-refractivity contribution in [1.29, 1.82) is 0 Å². The van der Waals surface area contributed by atoms with E-state index in [1.54, 1.807) is 6.92 Å². The van der Waals surface area contributed by atoms with Crippen LogP contribution in [0.5, 0.6) is 0 Å². The van der Waals surface area contributed by atoms with Crippen LogP contribution < -0.4 is 16.4 Å². The van der Waals surface area contributed by atoms with Crippen LogP contribution in [0, 0.1) is 12.8 Å². The second-order valence-electron chi connectivity index (χ2n) is 8.65. The van der Waals surface area contributed by atoms with Crippen molar-refractivity contribution in [3.05, 3.63) is 35.5 Å². The molecule has 2 aromatic rings. The van der Waals surface area contributed by atoms with E-state index in [0.717, 1.165) is 25.0 Å². The molecule has 2 heterocycles. The van der Waals surface area contributed by atoms with Crippen molar-refractivity contribution in [2.45, 2.75) is 31.5 Å². The van der Waals surface area contributed by atoms with Crippen LogP contribution in [0.3, 0.4) is 0 Å². The van der Waals surface area contributed by atoms with Crippen molar-refractivity contribution in [3.63, 3.8) is 0 Å². The fourth-order valence-corrected chi connectivity index (χ4v) is 4.05. The molecule has 5 N–H and O–H groups in total. The van der Waals surface area contributed by atoms with Gasteiger partial charge in [-0.05, 0) is 31.4 Å². The SMILES string of the molecule is Cc1ccc(C(O)(C(N)=O)C(F)(F)F)cc1-c1cnc(N)c(N2CCN(C(=O)C3CC3)CC2)n1. The molecule has 1 saturated heterocycles. The van der Waals surface area contributed by atoms with Gasteiger partial charge in [0.05, 0.1) is 11.9 Å². The number of nitrogens with two attached hydrogens (primary N) is 2. The summed E-state index contributed by atoms with van der Waals surface area (Å²) in [7, 11) is 0. The van der Waals surface area contributed by atoms with Crippen LogP contribution >= 0.6 is 0 Å². The fourth-order valence-electron chi connectivity index (χ4n) is 4.05. The number of anilines is 2. The number of aliphatic hydroxyl groups is 1. The van der Waals surface area contributed by atoms with Gasteiger partial charge in [0.2, 0.25) is 5.91 Å². The number of nitrogens with zero attached hydrogens (tertiary/aromatic N) is 4. The zero-order valence-corrected chi connectivity index (χ0v) is 18.5. The molecule has 2 aliphatic rings. The lowest BCUT2D eigenvalue weighted by molar-refractivity contribution is -0.255. The van der Waals surface area contributed by atoms with Crippen LogP contribution in [0.25, 0.3) is 11.3 Å². The van der Waals surface area contributed by atoms with Crippen molar-refractivity contribution in [1.82, 2.24) is 14.9 Å². The number of halogens is 3. The number of nitrogen functional groups attached to an aromatic ring is 1. The molecular formula is C22H25F3N6O3. The lowest BCUT2D eigenvalue weighted by Crippen LogP contribution is -2.52. The van der Waals surface area contributed by atoms with Crippen LogP contribution in [0.4, 0.5) is 24.8 Å². The second kappa shape index (κ2) is 8.42. The summed E-state index contributed by atoms with van der Waals surface area (Å²) >= 11 is 0. The van der Waals surface area contributed by atoms with Gasteiger partial charge in [-0.2, -0.15) is 13.2 Å². The highest BCUT2D eigenvalue weighted by atomic mass is 19.4. The lowest BCUT2D eigenvalue weighted by Gasteiger charge is -2.36. The van der Waals surface area contributed by atoms with E-state index in [-0.39, 0.29) is 28.9 Å². The molecule has 34 heavy (non-hydrogen) atoms. The Hall–Kier alpha value is -3.41. The largest absolute Gasteiger partial charge is 0.430 e. The molecule has 0 spiro atoms. The average molecular weight is 478 g/mol. The molecule has 4 rings (SSSR count). The summed E-state index contributed by atoms with van der Waals surface area (Å²) in [6.45, 7) is 3.62. The molecule has 1 aromatic carbocycles. The Kier molecular flexibility index (Phi) is 5.88. The van der Waals surface area contributed by atoms with Gasteiger partial charge in [0.25, 0.3) is 11.5 Å². The van der Waals surface area contributed by atoms with Gasteiger partial charge in [-0.1, -0.05) is 12.1 Å². The Balaban J connectivity index is 1.65. The smallest absolute Gasteiger partial charge is 0.381 e. The monoisotopic (exact) mass is 478 g/mol. The van der Waals surface area contributed by atoms with Gasteiger partial charge in [0.1, 0.15) is 0 Å². The molecule has 12 heteroatoms. The number of rotatable bonds is 5. The number of piperazine rings is 1. The maximum atomic E-state index is 13.5. The number of benzene rings is 1. The van der Waals surface area contributed by atoms with Crippen LogP contribution in [-0.4, -0.2) is 64.1 Å². The first kappa shape index (κ1) is 23.7.